The van der Waals surface area contributed by atoms with Crippen LogP contribution in [-0.2, 0) is 6.61 Å². The monoisotopic (exact) mass is 554 g/mol. The van der Waals surface area contributed by atoms with Crippen molar-refractivity contribution in [3.8, 4) is 11.5 Å². The van der Waals surface area contributed by atoms with E-state index in [0.717, 1.165) is 27.0 Å². The maximum atomic E-state index is 6.27. The third-order valence-corrected chi connectivity index (χ3v) is 6.27. The molecule has 0 radical (unpaired) electrons. The van der Waals surface area contributed by atoms with E-state index in [0.29, 0.717) is 21.5 Å². The van der Waals surface area contributed by atoms with Gasteiger partial charge in [0.15, 0.2) is 11.5 Å². The van der Waals surface area contributed by atoms with Crippen LogP contribution in [0.2, 0.25) is 10.0 Å². The van der Waals surface area contributed by atoms with Crippen LogP contribution in [0.1, 0.15) is 11.1 Å². The minimum atomic E-state index is 0.280. The number of ether oxygens (including phenoxy) is 2. The Morgan fingerprint density at radius 1 is 0.853 bits per heavy atom. The SMILES string of the molecule is COc1cc(/C=N\N(c2ccccc2)c2ccccc2)c(Br)cc1OCc1ccc(Cl)cc1Cl. The Kier molecular flexibility index (Phi) is 8.12. The molecule has 0 N–H and O–H groups in total. The van der Waals surface area contributed by atoms with Crippen LogP contribution in [0.3, 0.4) is 0 Å². The maximum absolute atomic E-state index is 6.27. The van der Waals surface area contributed by atoms with Crippen molar-refractivity contribution in [3.05, 3.63) is 117 Å². The Bertz CT molecular complexity index is 1250. The van der Waals surface area contributed by atoms with Gasteiger partial charge in [-0.3, -0.25) is 0 Å². The molecule has 0 aliphatic carbocycles. The minimum Gasteiger partial charge on any atom is -0.493 e. The third-order valence-electron chi connectivity index (χ3n) is 5.00. The van der Waals surface area contributed by atoms with E-state index in [9.17, 15) is 0 Å². The van der Waals surface area contributed by atoms with Gasteiger partial charge in [-0.25, -0.2) is 5.01 Å². The van der Waals surface area contributed by atoms with Crippen molar-refractivity contribution in [1.29, 1.82) is 0 Å². The number of anilines is 2. The summed E-state index contributed by atoms with van der Waals surface area (Å²) in [7, 11) is 1.60. The van der Waals surface area contributed by atoms with Gasteiger partial charge >= 0.3 is 0 Å². The lowest BCUT2D eigenvalue weighted by atomic mass is 10.2. The van der Waals surface area contributed by atoms with Crippen molar-refractivity contribution in [2.45, 2.75) is 6.61 Å². The number of hydrazone groups is 1. The van der Waals surface area contributed by atoms with Crippen molar-refractivity contribution in [2.75, 3.05) is 12.1 Å². The van der Waals surface area contributed by atoms with Crippen LogP contribution in [0.15, 0.2) is 101 Å². The molecule has 172 valence electrons. The van der Waals surface area contributed by atoms with Gasteiger partial charge in [-0.15, -0.1) is 0 Å². The van der Waals surface area contributed by atoms with Gasteiger partial charge in [-0.1, -0.05) is 65.7 Å². The molecule has 0 spiro atoms. The average molecular weight is 556 g/mol. The topological polar surface area (TPSA) is 34.1 Å². The number of benzene rings is 4. The first-order valence-electron chi connectivity index (χ1n) is 10.4. The summed E-state index contributed by atoms with van der Waals surface area (Å²) in [4.78, 5) is 0. The number of para-hydroxylation sites is 2. The summed E-state index contributed by atoms with van der Waals surface area (Å²) in [6.07, 6.45) is 1.78. The normalized spacial score (nSPS) is 10.9. The van der Waals surface area contributed by atoms with E-state index in [-0.39, 0.29) is 6.61 Å². The van der Waals surface area contributed by atoms with Crippen LogP contribution < -0.4 is 14.5 Å². The van der Waals surface area contributed by atoms with E-state index < -0.39 is 0 Å². The fourth-order valence-electron chi connectivity index (χ4n) is 3.26. The average Bonchev–Trinajstić information content (AvgIpc) is 2.86. The van der Waals surface area contributed by atoms with Gasteiger partial charge < -0.3 is 9.47 Å². The lowest BCUT2D eigenvalue weighted by Gasteiger charge is -2.19. The van der Waals surface area contributed by atoms with E-state index in [1.807, 2.05) is 83.9 Å². The van der Waals surface area contributed by atoms with Crippen molar-refractivity contribution >= 4 is 56.7 Å². The quantitative estimate of drug-likeness (QED) is 0.161. The van der Waals surface area contributed by atoms with E-state index >= 15 is 0 Å². The van der Waals surface area contributed by atoms with Gasteiger partial charge in [-0.2, -0.15) is 5.10 Å². The largest absolute Gasteiger partial charge is 0.493 e. The summed E-state index contributed by atoms with van der Waals surface area (Å²) < 4.78 is 12.4. The van der Waals surface area contributed by atoms with Crippen molar-refractivity contribution in [3.63, 3.8) is 0 Å². The van der Waals surface area contributed by atoms with Gasteiger partial charge in [-0.05, 0) is 64.5 Å². The van der Waals surface area contributed by atoms with Gasteiger partial charge in [0, 0.05) is 25.6 Å². The molecule has 0 aliphatic heterocycles. The first-order chi connectivity index (χ1) is 16.5. The number of hydrogen-bond acceptors (Lipinski definition) is 4. The molecule has 0 aromatic heterocycles. The first-order valence-corrected chi connectivity index (χ1v) is 12.0. The lowest BCUT2D eigenvalue weighted by molar-refractivity contribution is 0.284. The summed E-state index contributed by atoms with van der Waals surface area (Å²) in [6.45, 7) is 0.280. The second-order valence-electron chi connectivity index (χ2n) is 7.28. The number of methoxy groups -OCH3 is 1. The predicted molar refractivity (Wildman–Crippen MR) is 144 cm³/mol. The van der Waals surface area contributed by atoms with Crippen LogP contribution in [0.4, 0.5) is 11.4 Å². The molecule has 0 bridgehead atoms. The number of nitrogens with zero attached hydrogens (tertiary/aromatic N) is 2. The van der Waals surface area contributed by atoms with E-state index in [1.165, 1.54) is 0 Å². The molecular weight excluding hydrogens is 535 g/mol. The maximum Gasteiger partial charge on any atom is 0.162 e. The van der Waals surface area contributed by atoms with Gasteiger partial charge in [0.1, 0.15) is 6.61 Å². The summed E-state index contributed by atoms with van der Waals surface area (Å²) in [5.74, 6) is 1.17. The fraction of sp³-hybridized carbons (Fsp3) is 0.0741. The van der Waals surface area contributed by atoms with E-state index in [2.05, 4.69) is 15.9 Å². The molecule has 0 fully saturated rings. The highest BCUT2D eigenvalue weighted by Gasteiger charge is 2.12. The highest BCUT2D eigenvalue weighted by Crippen LogP contribution is 2.34. The van der Waals surface area contributed by atoms with E-state index in [4.69, 9.17) is 37.8 Å². The standard InChI is InChI=1S/C27H21BrCl2N2O2/c1-33-26-14-20(24(28)16-27(26)34-18-19-12-13-21(29)15-25(19)30)17-31-32(22-8-4-2-5-9-22)23-10-6-3-7-11-23/h2-17H,18H2,1H3/b31-17-. The molecule has 4 rings (SSSR count). The number of halogens is 3. The smallest absolute Gasteiger partial charge is 0.162 e. The van der Waals surface area contributed by atoms with Crippen molar-refractivity contribution < 1.29 is 9.47 Å². The molecule has 0 heterocycles. The molecule has 4 aromatic carbocycles. The molecular formula is C27H21BrCl2N2O2. The Hall–Kier alpha value is -2.99. The van der Waals surface area contributed by atoms with Crippen LogP contribution in [0.5, 0.6) is 11.5 Å². The van der Waals surface area contributed by atoms with E-state index in [1.54, 1.807) is 25.5 Å². The predicted octanol–water partition coefficient (Wildman–Crippen LogP) is 8.52. The second kappa shape index (κ2) is 11.4. The minimum absolute atomic E-state index is 0.280. The summed E-state index contributed by atoms with van der Waals surface area (Å²) in [5.41, 5.74) is 3.57. The molecule has 0 amide bonds. The van der Waals surface area contributed by atoms with Crippen LogP contribution in [-0.4, -0.2) is 13.3 Å². The first kappa shape index (κ1) is 24.1. The zero-order valence-corrected chi connectivity index (χ0v) is 21.4. The molecule has 0 aliphatic rings. The summed E-state index contributed by atoms with van der Waals surface area (Å²) in [6, 6.07) is 29.0. The van der Waals surface area contributed by atoms with Crippen molar-refractivity contribution in [2.24, 2.45) is 5.10 Å². The Morgan fingerprint density at radius 2 is 1.50 bits per heavy atom. The highest BCUT2D eigenvalue weighted by atomic mass is 79.9. The zero-order valence-electron chi connectivity index (χ0n) is 18.3. The molecule has 0 unspecified atom stereocenters. The molecule has 0 atom stereocenters. The highest BCUT2D eigenvalue weighted by molar-refractivity contribution is 9.10. The van der Waals surface area contributed by atoms with Gasteiger partial charge in [0.25, 0.3) is 0 Å². The molecule has 34 heavy (non-hydrogen) atoms. The Labute approximate surface area is 217 Å². The number of rotatable bonds is 8. The second-order valence-corrected chi connectivity index (χ2v) is 8.97. The third kappa shape index (κ3) is 5.92. The molecule has 0 saturated heterocycles. The number of hydrogen-bond donors (Lipinski definition) is 0. The van der Waals surface area contributed by atoms with Crippen LogP contribution >= 0.6 is 39.1 Å². The van der Waals surface area contributed by atoms with Gasteiger partial charge in [0.2, 0.25) is 0 Å². The lowest BCUT2D eigenvalue weighted by Crippen LogP contribution is -2.09. The fourth-order valence-corrected chi connectivity index (χ4v) is 4.14. The molecule has 0 saturated carbocycles. The molecule has 4 nitrogen and oxygen atoms in total. The summed E-state index contributed by atoms with van der Waals surface area (Å²) in [5, 5.41) is 7.78. The zero-order chi connectivity index (χ0) is 23.9. The Morgan fingerprint density at radius 3 is 2.09 bits per heavy atom. The van der Waals surface area contributed by atoms with Crippen LogP contribution in [0, 0.1) is 0 Å². The Balaban J connectivity index is 1.60. The molecule has 7 heteroatoms. The van der Waals surface area contributed by atoms with Crippen LogP contribution in [0.25, 0.3) is 0 Å². The van der Waals surface area contributed by atoms with Gasteiger partial charge in [0.05, 0.1) is 24.7 Å². The van der Waals surface area contributed by atoms with Crippen molar-refractivity contribution in [1.82, 2.24) is 0 Å². The molecule has 4 aromatic rings. The summed E-state index contributed by atoms with van der Waals surface area (Å²) >= 11 is 15.9.